The molecular weight excluding hydrogens is 281 g/mol. The van der Waals surface area contributed by atoms with E-state index in [2.05, 4.69) is 4.99 Å². The lowest BCUT2D eigenvalue weighted by Crippen LogP contribution is -2.41. The van der Waals surface area contributed by atoms with E-state index in [1.165, 1.54) is 6.07 Å². The lowest BCUT2D eigenvalue weighted by atomic mass is 10.1. The Morgan fingerprint density at radius 1 is 1.50 bits per heavy atom. The SMILES string of the molecule is NC1=NCC(c2ccc(Cl)c(F)c2)N1CC1CCCO1. The highest BCUT2D eigenvalue weighted by Gasteiger charge is 2.31. The van der Waals surface area contributed by atoms with Gasteiger partial charge in [-0.05, 0) is 30.5 Å². The van der Waals surface area contributed by atoms with Gasteiger partial charge >= 0.3 is 0 Å². The molecule has 4 nitrogen and oxygen atoms in total. The van der Waals surface area contributed by atoms with Gasteiger partial charge in [-0.15, -0.1) is 0 Å². The van der Waals surface area contributed by atoms with E-state index in [1.54, 1.807) is 6.07 Å². The Hall–Kier alpha value is -1.33. The highest BCUT2D eigenvalue weighted by molar-refractivity contribution is 6.30. The maximum absolute atomic E-state index is 13.6. The van der Waals surface area contributed by atoms with E-state index in [4.69, 9.17) is 22.1 Å². The molecule has 2 aliphatic heterocycles. The normalized spacial score (nSPS) is 26.1. The number of aliphatic imine (C=N–C) groups is 1. The van der Waals surface area contributed by atoms with Gasteiger partial charge in [0.25, 0.3) is 0 Å². The summed E-state index contributed by atoms with van der Waals surface area (Å²) in [6, 6.07) is 4.83. The number of halogens is 2. The number of hydrogen-bond donors (Lipinski definition) is 1. The zero-order valence-electron chi connectivity index (χ0n) is 11.1. The molecule has 20 heavy (non-hydrogen) atoms. The van der Waals surface area contributed by atoms with Crippen LogP contribution in [-0.2, 0) is 4.74 Å². The summed E-state index contributed by atoms with van der Waals surface area (Å²) in [6.45, 7) is 2.04. The second-order valence-electron chi connectivity index (χ2n) is 5.18. The monoisotopic (exact) mass is 297 g/mol. The Morgan fingerprint density at radius 2 is 2.35 bits per heavy atom. The van der Waals surface area contributed by atoms with Crippen molar-refractivity contribution in [2.75, 3.05) is 19.7 Å². The molecule has 2 aliphatic rings. The van der Waals surface area contributed by atoms with Crippen LogP contribution >= 0.6 is 11.6 Å². The third-order valence-corrected chi connectivity index (χ3v) is 4.16. The molecule has 0 aromatic heterocycles. The van der Waals surface area contributed by atoms with Crippen molar-refractivity contribution in [3.63, 3.8) is 0 Å². The minimum absolute atomic E-state index is 0.0361. The molecule has 2 N–H and O–H groups in total. The smallest absolute Gasteiger partial charge is 0.192 e. The fourth-order valence-electron chi connectivity index (χ4n) is 2.76. The summed E-state index contributed by atoms with van der Waals surface area (Å²) in [7, 11) is 0. The molecule has 1 saturated heterocycles. The Morgan fingerprint density at radius 3 is 3.05 bits per heavy atom. The van der Waals surface area contributed by atoms with Gasteiger partial charge in [0.15, 0.2) is 5.96 Å². The van der Waals surface area contributed by atoms with Crippen LogP contribution in [0.1, 0.15) is 24.4 Å². The van der Waals surface area contributed by atoms with Gasteiger partial charge in [0.05, 0.1) is 23.7 Å². The van der Waals surface area contributed by atoms with Gasteiger partial charge in [-0.25, -0.2) is 4.39 Å². The zero-order chi connectivity index (χ0) is 14.1. The average molecular weight is 298 g/mol. The summed E-state index contributed by atoms with van der Waals surface area (Å²) >= 11 is 5.73. The molecule has 0 spiro atoms. The van der Waals surface area contributed by atoms with Gasteiger partial charge in [0.2, 0.25) is 0 Å². The summed E-state index contributed by atoms with van der Waals surface area (Å²) < 4.78 is 19.3. The molecule has 6 heteroatoms. The maximum Gasteiger partial charge on any atom is 0.192 e. The Kier molecular flexibility index (Phi) is 3.81. The van der Waals surface area contributed by atoms with Crippen LogP contribution < -0.4 is 5.73 Å². The molecule has 2 atom stereocenters. The largest absolute Gasteiger partial charge is 0.376 e. The van der Waals surface area contributed by atoms with E-state index in [0.717, 1.165) is 25.0 Å². The van der Waals surface area contributed by atoms with Crippen molar-refractivity contribution in [1.29, 1.82) is 0 Å². The van der Waals surface area contributed by atoms with Crippen LogP contribution in [0.3, 0.4) is 0 Å². The van der Waals surface area contributed by atoms with Crippen molar-refractivity contribution in [3.05, 3.63) is 34.6 Å². The van der Waals surface area contributed by atoms with Crippen LogP contribution in [-0.4, -0.2) is 36.7 Å². The standard InChI is InChI=1S/C14H17ClFN3O/c15-11-4-3-9(6-12(11)16)13-7-18-14(17)19(13)8-10-2-1-5-20-10/h3-4,6,10,13H,1-2,5,7-8H2,(H2,17,18). The summed E-state index contributed by atoms with van der Waals surface area (Å²) in [6.07, 6.45) is 2.29. The van der Waals surface area contributed by atoms with E-state index in [0.29, 0.717) is 19.0 Å². The quantitative estimate of drug-likeness (QED) is 0.931. The fraction of sp³-hybridized carbons (Fsp3) is 0.500. The number of rotatable bonds is 3. The molecule has 0 bridgehead atoms. The van der Waals surface area contributed by atoms with Crippen LogP contribution in [0.4, 0.5) is 4.39 Å². The second-order valence-corrected chi connectivity index (χ2v) is 5.58. The van der Waals surface area contributed by atoms with Gasteiger partial charge in [-0.1, -0.05) is 17.7 Å². The lowest BCUT2D eigenvalue weighted by molar-refractivity contribution is 0.0852. The highest BCUT2D eigenvalue weighted by Crippen LogP contribution is 2.29. The van der Waals surface area contributed by atoms with Gasteiger partial charge in [-0.3, -0.25) is 4.99 Å². The van der Waals surface area contributed by atoms with E-state index in [1.807, 2.05) is 11.0 Å². The molecule has 0 saturated carbocycles. The average Bonchev–Trinajstić information content (AvgIpc) is 3.05. The number of hydrogen-bond acceptors (Lipinski definition) is 4. The lowest BCUT2D eigenvalue weighted by Gasteiger charge is -2.28. The third kappa shape index (κ3) is 2.60. The first kappa shape index (κ1) is 13.6. The van der Waals surface area contributed by atoms with Gasteiger partial charge < -0.3 is 15.4 Å². The van der Waals surface area contributed by atoms with Crippen molar-refractivity contribution in [2.45, 2.75) is 25.0 Å². The Labute approximate surface area is 122 Å². The van der Waals surface area contributed by atoms with E-state index < -0.39 is 5.82 Å². The molecule has 1 aromatic carbocycles. The summed E-state index contributed by atoms with van der Waals surface area (Å²) in [5, 5.41) is 0.131. The first-order valence-corrected chi connectivity index (χ1v) is 7.16. The number of nitrogens with zero attached hydrogens (tertiary/aromatic N) is 2. The zero-order valence-corrected chi connectivity index (χ0v) is 11.8. The molecule has 1 fully saturated rings. The van der Waals surface area contributed by atoms with Gasteiger partial charge in [-0.2, -0.15) is 0 Å². The molecule has 1 aromatic rings. The van der Waals surface area contributed by atoms with Crippen molar-refractivity contribution >= 4 is 17.6 Å². The number of benzene rings is 1. The third-order valence-electron chi connectivity index (χ3n) is 3.85. The molecule has 0 radical (unpaired) electrons. The predicted molar refractivity (Wildman–Crippen MR) is 76.3 cm³/mol. The first-order chi connectivity index (χ1) is 9.65. The van der Waals surface area contributed by atoms with Crippen LogP contribution in [0.5, 0.6) is 0 Å². The summed E-state index contributed by atoms with van der Waals surface area (Å²) in [5.74, 6) is 0.0903. The van der Waals surface area contributed by atoms with Gasteiger partial charge in [0, 0.05) is 13.2 Å². The molecular formula is C14H17ClFN3O. The molecule has 3 rings (SSSR count). The highest BCUT2D eigenvalue weighted by atomic mass is 35.5. The van der Waals surface area contributed by atoms with Crippen molar-refractivity contribution in [2.24, 2.45) is 10.7 Å². The fourth-order valence-corrected chi connectivity index (χ4v) is 2.88. The predicted octanol–water partition coefficient (Wildman–Crippen LogP) is 2.33. The van der Waals surface area contributed by atoms with E-state index in [-0.39, 0.29) is 17.2 Å². The number of ether oxygens (including phenoxy) is 1. The Bertz CT molecular complexity index is 531. The van der Waals surface area contributed by atoms with Crippen LogP contribution in [0.25, 0.3) is 0 Å². The number of guanidine groups is 1. The van der Waals surface area contributed by atoms with E-state index in [9.17, 15) is 4.39 Å². The second kappa shape index (κ2) is 5.58. The molecule has 2 unspecified atom stereocenters. The van der Waals surface area contributed by atoms with Crippen LogP contribution in [0.15, 0.2) is 23.2 Å². The van der Waals surface area contributed by atoms with Crippen molar-refractivity contribution in [3.8, 4) is 0 Å². The molecule has 0 amide bonds. The first-order valence-electron chi connectivity index (χ1n) is 6.78. The molecule has 0 aliphatic carbocycles. The van der Waals surface area contributed by atoms with Crippen LogP contribution in [0, 0.1) is 5.82 Å². The molecule has 108 valence electrons. The van der Waals surface area contributed by atoms with Crippen molar-refractivity contribution in [1.82, 2.24) is 4.90 Å². The van der Waals surface area contributed by atoms with Crippen molar-refractivity contribution < 1.29 is 9.13 Å². The topological polar surface area (TPSA) is 50.8 Å². The van der Waals surface area contributed by atoms with Gasteiger partial charge in [0.1, 0.15) is 5.82 Å². The minimum atomic E-state index is -0.410. The van der Waals surface area contributed by atoms with Crippen LogP contribution in [0.2, 0.25) is 5.02 Å². The Balaban J connectivity index is 1.78. The molecule has 2 heterocycles. The van der Waals surface area contributed by atoms with E-state index >= 15 is 0 Å². The summed E-state index contributed by atoms with van der Waals surface area (Å²) in [5.41, 5.74) is 6.80. The maximum atomic E-state index is 13.6. The summed E-state index contributed by atoms with van der Waals surface area (Å²) in [4.78, 5) is 6.28. The number of nitrogens with two attached hydrogens (primary N) is 1. The minimum Gasteiger partial charge on any atom is -0.376 e.